The standard InChI is InChI=1S/C22H23FN4O3S/c1-22(21(29)24-8-9-30-2)14-27-18(12-17(25-27)19-7-4-10-31-19)20(28)26(22)13-15-5-3-6-16(23)11-15/h3-7,10-12H,8-9,13-14H2,1-2H3,(H,24,29). The lowest BCUT2D eigenvalue weighted by molar-refractivity contribution is -0.133. The van der Waals surface area contributed by atoms with Crippen LogP contribution in [0.5, 0.6) is 0 Å². The first kappa shape index (κ1) is 21.2. The van der Waals surface area contributed by atoms with E-state index in [0.717, 1.165) is 4.88 Å². The molecule has 0 spiro atoms. The fourth-order valence-electron chi connectivity index (χ4n) is 3.71. The molecule has 3 aromatic rings. The number of aromatic nitrogens is 2. The Morgan fingerprint density at radius 2 is 2.16 bits per heavy atom. The zero-order valence-electron chi connectivity index (χ0n) is 17.3. The van der Waals surface area contributed by atoms with Crippen molar-refractivity contribution in [1.82, 2.24) is 20.0 Å². The van der Waals surface area contributed by atoms with E-state index < -0.39 is 11.4 Å². The number of thiophene rings is 1. The number of rotatable bonds is 7. The number of carbonyl (C=O) groups is 2. The van der Waals surface area contributed by atoms with E-state index in [4.69, 9.17) is 4.74 Å². The monoisotopic (exact) mass is 442 g/mol. The number of nitrogens with one attached hydrogen (secondary N) is 1. The first-order valence-corrected chi connectivity index (χ1v) is 10.8. The zero-order valence-corrected chi connectivity index (χ0v) is 18.1. The third kappa shape index (κ3) is 4.11. The van der Waals surface area contributed by atoms with Crippen LogP contribution in [0, 0.1) is 5.82 Å². The van der Waals surface area contributed by atoms with Gasteiger partial charge in [-0.25, -0.2) is 4.39 Å². The first-order chi connectivity index (χ1) is 14.9. The molecular weight excluding hydrogens is 419 g/mol. The second kappa shape index (κ2) is 8.60. The van der Waals surface area contributed by atoms with Crippen LogP contribution in [0.1, 0.15) is 23.0 Å². The van der Waals surface area contributed by atoms with Crippen LogP contribution in [0.2, 0.25) is 0 Å². The Morgan fingerprint density at radius 3 is 2.87 bits per heavy atom. The maximum atomic E-state index is 13.8. The van der Waals surface area contributed by atoms with Crippen LogP contribution in [0.3, 0.4) is 0 Å². The van der Waals surface area contributed by atoms with Gasteiger partial charge in [0.1, 0.15) is 22.7 Å². The Morgan fingerprint density at radius 1 is 1.32 bits per heavy atom. The van der Waals surface area contributed by atoms with Gasteiger partial charge < -0.3 is 15.0 Å². The molecule has 1 aromatic carbocycles. The number of halogens is 1. The van der Waals surface area contributed by atoms with Crippen molar-refractivity contribution in [1.29, 1.82) is 0 Å². The van der Waals surface area contributed by atoms with Gasteiger partial charge in [0.25, 0.3) is 5.91 Å². The number of fused-ring (bicyclic) bond motifs is 1. The molecule has 1 unspecified atom stereocenters. The summed E-state index contributed by atoms with van der Waals surface area (Å²) in [6, 6.07) is 11.7. The summed E-state index contributed by atoms with van der Waals surface area (Å²) in [5.74, 6) is -1.03. The molecular formula is C22H23FN4O3S. The molecule has 9 heteroatoms. The average Bonchev–Trinajstić information content (AvgIpc) is 3.41. The number of carbonyl (C=O) groups excluding carboxylic acids is 2. The number of ether oxygens (including phenoxy) is 1. The van der Waals surface area contributed by atoms with Crippen molar-refractivity contribution in [3.8, 4) is 10.6 Å². The number of benzene rings is 1. The van der Waals surface area contributed by atoms with E-state index >= 15 is 0 Å². The summed E-state index contributed by atoms with van der Waals surface area (Å²) in [7, 11) is 1.55. The van der Waals surface area contributed by atoms with E-state index in [9.17, 15) is 14.0 Å². The van der Waals surface area contributed by atoms with E-state index in [2.05, 4.69) is 10.4 Å². The quantitative estimate of drug-likeness (QED) is 0.571. The van der Waals surface area contributed by atoms with Gasteiger partial charge in [0, 0.05) is 20.2 Å². The lowest BCUT2D eigenvalue weighted by atomic mass is 9.94. The smallest absolute Gasteiger partial charge is 0.273 e. The van der Waals surface area contributed by atoms with E-state index in [1.54, 1.807) is 36.9 Å². The van der Waals surface area contributed by atoms with Crippen LogP contribution in [-0.2, 0) is 22.6 Å². The molecule has 1 N–H and O–H groups in total. The molecule has 1 aliphatic heterocycles. The fraction of sp³-hybridized carbons (Fsp3) is 0.318. The summed E-state index contributed by atoms with van der Waals surface area (Å²) in [4.78, 5) is 29.1. The summed E-state index contributed by atoms with van der Waals surface area (Å²) in [5.41, 5.74) is 0.494. The molecule has 0 fully saturated rings. The van der Waals surface area contributed by atoms with Crippen LogP contribution in [0.4, 0.5) is 4.39 Å². The molecule has 4 rings (SSSR count). The molecule has 1 aliphatic rings. The van der Waals surface area contributed by atoms with Crippen molar-refractivity contribution in [2.45, 2.75) is 25.6 Å². The molecule has 0 radical (unpaired) electrons. The highest BCUT2D eigenvalue weighted by Crippen LogP contribution is 2.32. The third-order valence-corrected chi connectivity index (χ3v) is 6.27. The maximum absolute atomic E-state index is 13.8. The molecule has 0 saturated heterocycles. The lowest BCUT2D eigenvalue weighted by Crippen LogP contribution is -2.63. The van der Waals surface area contributed by atoms with Crippen LogP contribution in [-0.4, -0.2) is 52.3 Å². The molecule has 31 heavy (non-hydrogen) atoms. The Hall–Kier alpha value is -3.04. The number of hydrogen-bond acceptors (Lipinski definition) is 5. The second-order valence-corrected chi connectivity index (χ2v) is 8.54. The molecule has 3 heterocycles. The van der Waals surface area contributed by atoms with Crippen LogP contribution in [0.25, 0.3) is 10.6 Å². The molecule has 2 amide bonds. The van der Waals surface area contributed by atoms with E-state index in [-0.39, 0.29) is 24.9 Å². The number of hydrogen-bond donors (Lipinski definition) is 1. The largest absolute Gasteiger partial charge is 0.383 e. The minimum Gasteiger partial charge on any atom is -0.383 e. The predicted octanol–water partition coefficient (Wildman–Crippen LogP) is 2.93. The van der Waals surface area contributed by atoms with Crippen molar-refractivity contribution in [3.63, 3.8) is 0 Å². The van der Waals surface area contributed by atoms with Crippen LogP contribution >= 0.6 is 11.3 Å². The van der Waals surface area contributed by atoms with Gasteiger partial charge in [-0.15, -0.1) is 11.3 Å². The molecule has 0 bridgehead atoms. The summed E-state index contributed by atoms with van der Waals surface area (Å²) >= 11 is 1.53. The number of methoxy groups -OCH3 is 1. The third-order valence-electron chi connectivity index (χ3n) is 5.38. The molecule has 1 atom stereocenters. The van der Waals surface area contributed by atoms with Gasteiger partial charge in [-0.1, -0.05) is 18.2 Å². The van der Waals surface area contributed by atoms with Crippen molar-refractivity contribution >= 4 is 23.2 Å². The summed E-state index contributed by atoms with van der Waals surface area (Å²) in [6.07, 6.45) is 0. The SMILES string of the molecule is COCCNC(=O)C1(C)Cn2nc(-c3cccs3)cc2C(=O)N1Cc1cccc(F)c1. The van der Waals surface area contributed by atoms with Gasteiger partial charge in [-0.05, 0) is 42.1 Å². The normalized spacial score (nSPS) is 18.2. The molecule has 0 aliphatic carbocycles. The van der Waals surface area contributed by atoms with Gasteiger partial charge in [0.15, 0.2) is 0 Å². The van der Waals surface area contributed by atoms with Gasteiger partial charge >= 0.3 is 0 Å². The molecule has 7 nitrogen and oxygen atoms in total. The topological polar surface area (TPSA) is 76.5 Å². The van der Waals surface area contributed by atoms with Crippen molar-refractivity contribution in [3.05, 3.63) is 64.9 Å². The highest BCUT2D eigenvalue weighted by atomic mass is 32.1. The average molecular weight is 443 g/mol. The Balaban J connectivity index is 1.71. The number of nitrogens with zero attached hydrogens (tertiary/aromatic N) is 3. The number of amides is 2. The summed E-state index contributed by atoms with van der Waals surface area (Å²) < 4.78 is 20.4. The van der Waals surface area contributed by atoms with E-state index in [1.807, 2.05) is 17.5 Å². The van der Waals surface area contributed by atoms with Crippen molar-refractivity contribution in [2.24, 2.45) is 0 Å². The van der Waals surface area contributed by atoms with Gasteiger partial charge in [0.2, 0.25) is 5.91 Å². The fourth-order valence-corrected chi connectivity index (χ4v) is 4.39. The zero-order chi connectivity index (χ0) is 22.0. The Labute approximate surface area is 183 Å². The van der Waals surface area contributed by atoms with Crippen molar-refractivity contribution in [2.75, 3.05) is 20.3 Å². The summed E-state index contributed by atoms with van der Waals surface area (Å²) in [6.45, 7) is 2.67. The maximum Gasteiger partial charge on any atom is 0.273 e. The van der Waals surface area contributed by atoms with E-state index in [1.165, 1.54) is 28.4 Å². The van der Waals surface area contributed by atoms with Crippen LogP contribution < -0.4 is 5.32 Å². The van der Waals surface area contributed by atoms with Crippen molar-refractivity contribution < 1.29 is 18.7 Å². The first-order valence-electron chi connectivity index (χ1n) is 9.88. The Bertz CT molecular complexity index is 1100. The predicted molar refractivity (Wildman–Crippen MR) is 115 cm³/mol. The lowest BCUT2D eigenvalue weighted by Gasteiger charge is -2.43. The Kier molecular flexibility index (Phi) is 5.88. The minimum absolute atomic E-state index is 0.101. The minimum atomic E-state index is -1.21. The second-order valence-electron chi connectivity index (χ2n) is 7.59. The molecule has 0 saturated carbocycles. The summed E-state index contributed by atoms with van der Waals surface area (Å²) in [5, 5.41) is 9.37. The highest BCUT2D eigenvalue weighted by Gasteiger charge is 2.48. The van der Waals surface area contributed by atoms with E-state index in [0.29, 0.717) is 30.1 Å². The highest BCUT2D eigenvalue weighted by molar-refractivity contribution is 7.13. The van der Waals surface area contributed by atoms with Gasteiger partial charge in [-0.3, -0.25) is 14.3 Å². The molecule has 162 valence electrons. The van der Waals surface area contributed by atoms with Crippen LogP contribution in [0.15, 0.2) is 47.8 Å². The van der Waals surface area contributed by atoms with Gasteiger partial charge in [0.05, 0.1) is 18.0 Å². The molecule has 2 aromatic heterocycles. The van der Waals surface area contributed by atoms with Gasteiger partial charge in [-0.2, -0.15) is 5.10 Å².